The molecular formula is C17H20O5. The summed E-state index contributed by atoms with van der Waals surface area (Å²) in [5, 5.41) is 28.9. The molecule has 0 saturated carbocycles. The zero-order valence-electron chi connectivity index (χ0n) is 12.6. The Balaban J connectivity index is 2.38. The predicted octanol–water partition coefficient (Wildman–Crippen LogP) is 2.57. The molecule has 2 unspecified atom stereocenters. The average Bonchev–Trinajstić information content (AvgIpc) is 2.54. The Hall–Kier alpha value is -2.24. The predicted molar refractivity (Wildman–Crippen MR) is 82.3 cm³/mol. The molecule has 2 rings (SSSR count). The van der Waals surface area contributed by atoms with Crippen LogP contribution in [0.4, 0.5) is 0 Å². The van der Waals surface area contributed by atoms with E-state index in [0.29, 0.717) is 5.75 Å². The highest BCUT2D eigenvalue weighted by molar-refractivity contribution is 5.43. The maximum atomic E-state index is 9.80. The first-order chi connectivity index (χ1) is 10.6. The van der Waals surface area contributed by atoms with Crippen molar-refractivity contribution in [2.75, 3.05) is 20.8 Å². The van der Waals surface area contributed by atoms with E-state index in [1.165, 1.54) is 13.2 Å². The minimum atomic E-state index is -0.389. The quantitative estimate of drug-likeness (QED) is 0.764. The van der Waals surface area contributed by atoms with E-state index in [0.717, 1.165) is 11.1 Å². The number of aliphatic hydroxyl groups is 1. The maximum Gasteiger partial charge on any atom is 0.160 e. The lowest BCUT2D eigenvalue weighted by molar-refractivity contribution is 0.0565. The Labute approximate surface area is 129 Å². The number of phenolic OH excluding ortho intramolecular Hbond substituents is 2. The summed E-state index contributed by atoms with van der Waals surface area (Å²) in [6.45, 7) is -0.132. The monoisotopic (exact) mass is 304 g/mol. The molecule has 0 aromatic heterocycles. The topological polar surface area (TPSA) is 79.2 Å². The second-order valence-electron chi connectivity index (χ2n) is 4.97. The Kier molecular flexibility index (Phi) is 5.25. The number of ether oxygens (including phenoxy) is 2. The lowest BCUT2D eigenvalue weighted by atomic mass is 9.89. The van der Waals surface area contributed by atoms with Crippen molar-refractivity contribution in [3.8, 4) is 17.2 Å². The van der Waals surface area contributed by atoms with Crippen LogP contribution in [0.2, 0.25) is 0 Å². The average molecular weight is 304 g/mol. The van der Waals surface area contributed by atoms with Crippen LogP contribution in [0.25, 0.3) is 0 Å². The van der Waals surface area contributed by atoms with Crippen LogP contribution in [-0.2, 0) is 4.74 Å². The van der Waals surface area contributed by atoms with Gasteiger partial charge in [0.2, 0.25) is 0 Å². The molecule has 118 valence electrons. The van der Waals surface area contributed by atoms with E-state index in [2.05, 4.69) is 0 Å². The zero-order valence-corrected chi connectivity index (χ0v) is 12.6. The normalized spacial score (nSPS) is 13.6. The number of aromatic hydroxyl groups is 2. The van der Waals surface area contributed by atoms with Gasteiger partial charge in [-0.25, -0.2) is 0 Å². The van der Waals surface area contributed by atoms with E-state index in [4.69, 9.17) is 9.47 Å². The van der Waals surface area contributed by atoms with E-state index < -0.39 is 0 Å². The minimum absolute atomic E-state index is 0.0431. The molecule has 2 atom stereocenters. The van der Waals surface area contributed by atoms with Gasteiger partial charge in [0.25, 0.3) is 0 Å². The highest BCUT2D eigenvalue weighted by Gasteiger charge is 2.25. The second kappa shape index (κ2) is 7.15. The number of methoxy groups -OCH3 is 2. The largest absolute Gasteiger partial charge is 0.508 e. The molecule has 2 aromatic rings. The fourth-order valence-electron chi connectivity index (χ4n) is 2.50. The summed E-state index contributed by atoms with van der Waals surface area (Å²) in [7, 11) is 3.04. The molecule has 0 heterocycles. The van der Waals surface area contributed by atoms with Crippen LogP contribution in [0.1, 0.15) is 23.1 Å². The van der Waals surface area contributed by atoms with Crippen LogP contribution < -0.4 is 4.74 Å². The number of phenols is 2. The standard InChI is InChI=1S/C17H20O5/c1-21-16-9-12(5-8-15(16)20)14(10-18)17(22-2)11-3-6-13(19)7-4-11/h3-9,14,17-20H,10H2,1-2H3. The van der Waals surface area contributed by atoms with Gasteiger partial charge >= 0.3 is 0 Å². The third kappa shape index (κ3) is 3.32. The Bertz CT molecular complexity index is 609. The molecule has 0 radical (unpaired) electrons. The van der Waals surface area contributed by atoms with Gasteiger partial charge in [-0.05, 0) is 35.4 Å². The molecule has 5 nitrogen and oxygen atoms in total. The van der Waals surface area contributed by atoms with Gasteiger partial charge in [0, 0.05) is 13.0 Å². The van der Waals surface area contributed by atoms with Gasteiger partial charge in [0.1, 0.15) is 5.75 Å². The van der Waals surface area contributed by atoms with Crippen molar-refractivity contribution in [3.05, 3.63) is 53.6 Å². The third-order valence-corrected chi connectivity index (χ3v) is 3.67. The molecule has 22 heavy (non-hydrogen) atoms. The zero-order chi connectivity index (χ0) is 16.1. The van der Waals surface area contributed by atoms with Crippen molar-refractivity contribution < 1.29 is 24.8 Å². The molecule has 0 bridgehead atoms. The minimum Gasteiger partial charge on any atom is -0.508 e. The summed E-state index contributed by atoms with van der Waals surface area (Å²) in [4.78, 5) is 0. The van der Waals surface area contributed by atoms with Crippen LogP contribution in [0, 0.1) is 0 Å². The van der Waals surface area contributed by atoms with Crippen LogP contribution >= 0.6 is 0 Å². The lowest BCUT2D eigenvalue weighted by Gasteiger charge is -2.25. The maximum absolute atomic E-state index is 9.80. The molecule has 5 heteroatoms. The number of hydrogen-bond donors (Lipinski definition) is 3. The number of benzene rings is 2. The molecule has 0 aliphatic rings. The highest BCUT2D eigenvalue weighted by atomic mass is 16.5. The van der Waals surface area contributed by atoms with Crippen molar-refractivity contribution in [1.82, 2.24) is 0 Å². The van der Waals surface area contributed by atoms with Gasteiger partial charge in [-0.15, -0.1) is 0 Å². The third-order valence-electron chi connectivity index (χ3n) is 3.67. The summed E-state index contributed by atoms with van der Waals surface area (Å²) >= 11 is 0. The van der Waals surface area contributed by atoms with Gasteiger partial charge in [0.05, 0.1) is 19.8 Å². The summed E-state index contributed by atoms with van der Waals surface area (Å²) in [5.41, 5.74) is 1.63. The molecule has 2 aromatic carbocycles. The second-order valence-corrected chi connectivity index (χ2v) is 4.97. The lowest BCUT2D eigenvalue weighted by Crippen LogP contribution is -2.17. The van der Waals surface area contributed by atoms with Crippen LogP contribution in [0.3, 0.4) is 0 Å². The number of rotatable bonds is 6. The summed E-state index contributed by atoms with van der Waals surface area (Å²) in [6.07, 6.45) is -0.389. The summed E-state index contributed by atoms with van der Waals surface area (Å²) < 4.78 is 10.7. The van der Waals surface area contributed by atoms with E-state index >= 15 is 0 Å². The SMILES string of the molecule is COc1cc(C(CO)C(OC)c2ccc(O)cc2)ccc1O. The summed E-state index contributed by atoms with van der Waals surface area (Å²) in [5.74, 6) is 0.229. The molecular weight excluding hydrogens is 284 g/mol. The Morgan fingerprint density at radius 2 is 1.59 bits per heavy atom. The van der Waals surface area contributed by atoms with Crippen molar-refractivity contribution in [1.29, 1.82) is 0 Å². The highest BCUT2D eigenvalue weighted by Crippen LogP contribution is 2.37. The molecule has 0 fully saturated rings. The first-order valence-electron chi connectivity index (χ1n) is 6.90. The summed E-state index contributed by atoms with van der Waals surface area (Å²) in [6, 6.07) is 11.6. The van der Waals surface area contributed by atoms with Gasteiger partial charge in [-0.3, -0.25) is 0 Å². The van der Waals surface area contributed by atoms with Crippen molar-refractivity contribution in [2.24, 2.45) is 0 Å². The first-order valence-corrected chi connectivity index (χ1v) is 6.90. The molecule has 0 spiro atoms. The fraction of sp³-hybridized carbons (Fsp3) is 0.294. The Morgan fingerprint density at radius 1 is 0.955 bits per heavy atom. The van der Waals surface area contributed by atoms with E-state index in [1.807, 2.05) is 0 Å². The van der Waals surface area contributed by atoms with Crippen LogP contribution in [0.5, 0.6) is 17.2 Å². The van der Waals surface area contributed by atoms with Crippen molar-refractivity contribution in [3.63, 3.8) is 0 Å². The van der Waals surface area contributed by atoms with Crippen LogP contribution in [0.15, 0.2) is 42.5 Å². The van der Waals surface area contributed by atoms with E-state index in [9.17, 15) is 15.3 Å². The van der Waals surface area contributed by atoms with Crippen LogP contribution in [-0.4, -0.2) is 36.1 Å². The van der Waals surface area contributed by atoms with E-state index in [-0.39, 0.29) is 30.1 Å². The van der Waals surface area contributed by atoms with Gasteiger partial charge in [0.15, 0.2) is 11.5 Å². The van der Waals surface area contributed by atoms with E-state index in [1.54, 1.807) is 43.5 Å². The molecule has 0 aliphatic heterocycles. The van der Waals surface area contributed by atoms with Gasteiger partial charge in [-0.1, -0.05) is 18.2 Å². The molecule has 0 amide bonds. The smallest absolute Gasteiger partial charge is 0.160 e. The van der Waals surface area contributed by atoms with Gasteiger partial charge < -0.3 is 24.8 Å². The van der Waals surface area contributed by atoms with Crippen molar-refractivity contribution >= 4 is 0 Å². The first kappa shape index (κ1) is 16.1. The van der Waals surface area contributed by atoms with Crippen molar-refractivity contribution in [2.45, 2.75) is 12.0 Å². The molecule has 0 aliphatic carbocycles. The van der Waals surface area contributed by atoms with Gasteiger partial charge in [-0.2, -0.15) is 0 Å². The Morgan fingerprint density at radius 3 is 2.14 bits per heavy atom. The molecule has 0 saturated heterocycles. The number of hydrogen-bond acceptors (Lipinski definition) is 5. The molecule has 3 N–H and O–H groups in total. The fourth-order valence-corrected chi connectivity index (χ4v) is 2.50. The number of aliphatic hydroxyl groups excluding tert-OH is 1.